The summed E-state index contributed by atoms with van der Waals surface area (Å²) in [6.45, 7) is 6.87. The van der Waals surface area contributed by atoms with E-state index in [1.165, 1.54) is 28.3 Å². The molecule has 0 aliphatic heterocycles. The molecule has 1 saturated carbocycles. The minimum absolute atomic E-state index is 0. The van der Waals surface area contributed by atoms with Crippen LogP contribution in [0.4, 0.5) is 0 Å². The molecule has 3 rings (SSSR count). The van der Waals surface area contributed by atoms with E-state index >= 15 is 0 Å². The summed E-state index contributed by atoms with van der Waals surface area (Å²) >= 11 is 1.81. The minimum Gasteiger partial charge on any atom is -0.357 e. The molecule has 1 aliphatic carbocycles. The lowest BCUT2D eigenvalue weighted by Gasteiger charge is -2.15. The van der Waals surface area contributed by atoms with Crippen molar-refractivity contribution in [2.75, 3.05) is 19.6 Å². The number of guanidine groups is 1. The first-order chi connectivity index (χ1) is 12.3. The Hall–Kier alpha value is -1.15. The van der Waals surface area contributed by atoms with E-state index in [0.29, 0.717) is 0 Å². The van der Waals surface area contributed by atoms with Gasteiger partial charge >= 0.3 is 0 Å². The van der Waals surface area contributed by atoms with Crippen LogP contribution in [0.25, 0.3) is 0 Å². The third-order valence-electron chi connectivity index (χ3n) is 4.70. The normalized spacial score (nSPS) is 15.2. The molecule has 2 aromatic rings. The number of benzene rings is 1. The summed E-state index contributed by atoms with van der Waals surface area (Å²) in [7, 11) is 0. The Morgan fingerprint density at radius 1 is 1.19 bits per heavy atom. The molecule has 0 unspecified atom stereocenters. The van der Waals surface area contributed by atoms with Gasteiger partial charge in [-0.3, -0.25) is 4.99 Å². The van der Waals surface area contributed by atoms with E-state index in [-0.39, 0.29) is 29.4 Å². The van der Waals surface area contributed by atoms with Gasteiger partial charge in [0.25, 0.3) is 0 Å². The van der Waals surface area contributed by atoms with Crippen molar-refractivity contribution in [1.82, 2.24) is 15.6 Å². The average molecular weight is 484 g/mol. The second kappa shape index (κ2) is 10.3. The van der Waals surface area contributed by atoms with E-state index in [0.717, 1.165) is 38.4 Å². The van der Waals surface area contributed by atoms with Crippen LogP contribution in [-0.2, 0) is 18.3 Å². The second-order valence-electron chi connectivity index (χ2n) is 6.59. The molecule has 1 aromatic carbocycles. The molecule has 0 saturated heterocycles. The highest BCUT2D eigenvalue weighted by molar-refractivity contribution is 14.0. The highest BCUT2D eigenvalue weighted by atomic mass is 127. The van der Waals surface area contributed by atoms with Crippen LogP contribution >= 0.6 is 35.3 Å². The number of hydrogen-bond acceptors (Lipinski definition) is 3. The lowest BCUT2D eigenvalue weighted by Crippen LogP contribution is -2.39. The van der Waals surface area contributed by atoms with Crippen LogP contribution in [0.2, 0.25) is 0 Å². The number of aryl methyl sites for hydroxylation is 1. The molecule has 1 fully saturated rings. The van der Waals surface area contributed by atoms with Crippen molar-refractivity contribution in [3.63, 3.8) is 0 Å². The van der Waals surface area contributed by atoms with E-state index < -0.39 is 0 Å². The maximum atomic E-state index is 4.85. The van der Waals surface area contributed by atoms with E-state index in [1.807, 2.05) is 17.5 Å². The smallest absolute Gasteiger partial charge is 0.191 e. The fourth-order valence-corrected chi connectivity index (χ4v) is 3.83. The predicted octanol–water partition coefficient (Wildman–Crippen LogP) is 4.15. The van der Waals surface area contributed by atoms with Crippen LogP contribution < -0.4 is 10.6 Å². The summed E-state index contributed by atoms with van der Waals surface area (Å²) in [6.07, 6.45) is 6.48. The number of nitrogens with zero attached hydrogens (tertiary/aromatic N) is 2. The summed E-state index contributed by atoms with van der Waals surface area (Å²) in [5, 5.41) is 8.01. The van der Waals surface area contributed by atoms with E-state index in [1.54, 1.807) is 0 Å². The average Bonchev–Trinajstić information content (AvgIpc) is 3.31. The fourth-order valence-electron chi connectivity index (χ4n) is 2.97. The number of aromatic nitrogens is 1. The molecular formula is C20H29IN4S. The van der Waals surface area contributed by atoms with Gasteiger partial charge in [0.2, 0.25) is 0 Å². The maximum Gasteiger partial charge on any atom is 0.191 e. The Kier molecular flexibility index (Phi) is 8.34. The third-order valence-corrected chi connectivity index (χ3v) is 5.91. The number of nitrogens with one attached hydrogen (secondary N) is 2. The fraction of sp³-hybridized carbons (Fsp3) is 0.500. The minimum atomic E-state index is 0. The van der Waals surface area contributed by atoms with Crippen LogP contribution in [0.15, 0.2) is 41.5 Å². The van der Waals surface area contributed by atoms with Crippen molar-refractivity contribution < 1.29 is 0 Å². The molecule has 0 atom stereocenters. The molecule has 2 N–H and O–H groups in total. The number of hydrogen-bond donors (Lipinski definition) is 2. The molecule has 1 aromatic heterocycles. The molecule has 142 valence electrons. The highest BCUT2D eigenvalue weighted by Gasteiger charge is 2.43. The van der Waals surface area contributed by atoms with Crippen molar-refractivity contribution in [3.05, 3.63) is 52.0 Å². The summed E-state index contributed by atoms with van der Waals surface area (Å²) in [6, 6.07) is 10.8. The Morgan fingerprint density at radius 2 is 1.96 bits per heavy atom. The summed E-state index contributed by atoms with van der Waals surface area (Å²) in [5.74, 6) is 0.914. The Labute approximate surface area is 177 Å². The largest absolute Gasteiger partial charge is 0.357 e. The van der Waals surface area contributed by atoms with Gasteiger partial charge in [-0.2, -0.15) is 0 Å². The first-order valence-corrected chi connectivity index (χ1v) is 10.1. The molecule has 1 aliphatic rings. The lowest BCUT2D eigenvalue weighted by molar-refractivity contribution is 0.692. The quantitative estimate of drug-likeness (QED) is 0.336. The van der Waals surface area contributed by atoms with Gasteiger partial charge in [-0.1, -0.05) is 37.3 Å². The Morgan fingerprint density at radius 3 is 2.58 bits per heavy atom. The topological polar surface area (TPSA) is 49.3 Å². The standard InChI is InChI=1S/C20H28N4S.HI/c1-3-17-14-23-18(25-17)10-13-22-19(21-4-2)24-15-20(11-12-20)16-8-6-5-7-9-16;/h5-9,14H,3-4,10-13,15H2,1-2H3,(H2,21,22,24);1H. The SMILES string of the molecule is CCNC(=NCC1(c2ccccc2)CC1)NCCc1ncc(CC)s1.I. The van der Waals surface area contributed by atoms with Gasteiger partial charge in [0.15, 0.2) is 5.96 Å². The number of aliphatic imine (C=N–C) groups is 1. The molecule has 0 spiro atoms. The van der Waals surface area contributed by atoms with E-state index in [9.17, 15) is 0 Å². The summed E-state index contributed by atoms with van der Waals surface area (Å²) in [5.41, 5.74) is 1.68. The highest BCUT2D eigenvalue weighted by Crippen LogP contribution is 2.48. The van der Waals surface area contributed by atoms with E-state index in [4.69, 9.17) is 4.99 Å². The van der Waals surface area contributed by atoms with Crippen LogP contribution in [0, 0.1) is 0 Å². The van der Waals surface area contributed by atoms with Crippen LogP contribution in [0.5, 0.6) is 0 Å². The van der Waals surface area contributed by atoms with Crippen LogP contribution in [0.3, 0.4) is 0 Å². The molecule has 4 nitrogen and oxygen atoms in total. The molecule has 6 heteroatoms. The maximum absolute atomic E-state index is 4.85. The van der Waals surface area contributed by atoms with Gasteiger partial charge in [-0.25, -0.2) is 4.98 Å². The summed E-state index contributed by atoms with van der Waals surface area (Å²) < 4.78 is 0. The van der Waals surface area contributed by atoms with E-state index in [2.05, 4.69) is 59.8 Å². The van der Waals surface area contributed by atoms with Gasteiger partial charge < -0.3 is 10.6 Å². The van der Waals surface area contributed by atoms with Crippen molar-refractivity contribution >= 4 is 41.3 Å². The Bertz CT molecular complexity index is 695. The zero-order valence-electron chi connectivity index (χ0n) is 15.6. The van der Waals surface area contributed by atoms with Gasteiger partial charge in [0.05, 0.1) is 11.6 Å². The summed E-state index contributed by atoms with van der Waals surface area (Å²) in [4.78, 5) is 10.7. The van der Waals surface area contributed by atoms with Crippen molar-refractivity contribution in [2.24, 2.45) is 4.99 Å². The molecule has 1 heterocycles. The lowest BCUT2D eigenvalue weighted by atomic mass is 9.96. The molecule has 0 radical (unpaired) electrons. The van der Waals surface area contributed by atoms with Crippen LogP contribution in [0.1, 0.15) is 42.1 Å². The molecular weight excluding hydrogens is 455 g/mol. The first kappa shape index (κ1) is 21.2. The zero-order chi connectivity index (χ0) is 17.5. The Balaban J connectivity index is 0.00000243. The van der Waals surface area contributed by atoms with Crippen molar-refractivity contribution in [3.8, 4) is 0 Å². The van der Waals surface area contributed by atoms with Crippen LogP contribution in [-0.4, -0.2) is 30.6 Å². The predicted molar refractivity (Wildman–Crippen MR) is 122 cm³/mol. The number of thiazole rings is 1. The van der Waals surface area contributed by atoms with Gasteiger partial charge in [0, 0.05) is 36.0 Å². The van der Waals surface area contributed by atoms with Crippen molar-refractivity contribution in [2.45, 2.75) is 44.9 Å². The second-order valence-corrected chi connectivity index (χ2v) is 7.79. The molecule has 26 heavy (non-hydrogen) atoms. The third kappa shape index (κ3) is 5.67. The monoisotopic (exact) mass is 484 g/mol. The van der Waals surface area contributed by atoms with Gasteiger partial charge in [-0.05, 0) is 31.7 Å². The molecule has 0 bridgehead atoms. The number of halogens is 1. The van der Waals surface area contributed by atoms with Gasteiger partial charge in [-0.15, -0.1) is 35.3 Å². The zero-order valence-corrected chi connectivity index (χ0v) is 18.8. The number of rotatable bonds is 8. The molecule has 0 amide bonds. The van der Waals surface area contributed by atoms with Gasteiger partial charge in [0.1, 0.15) is 0 Å². The first-order valence-electron chi connectivity index (χ1n) is 9.27. The van der Waals surface area contributed by atoms with Crippen molar-refractivity contribution in [1.29, 1.82) is 0 Å².